The molecule has 0 atom stereocenters. The van der Waals surface area contributed by atoms with Gasteiger partial charge in [-0.25, -0.2) is 0 Å². The van der Waals surface area contributed by atoms with Gasteiger partial charge in [0.15, 0.2) is 0 Å². The van der Waals surface area contributed by atoms with Crippen LogP contribution in [0.2, 0.25) is 0 Å². The predicted molar refractivity (Wildman–Crippen MR) is 139 cm³/mol. The molecule has 0 amide bonds. The maximum absolute atomic E-state index is 8.34. The third-order valence-electron chi connectivity index (χ3n) is 3.07. The van der Waals surface area contributed by atoms with Crippen LogP contribution < -0.4 is 0 Å². The first-order valence-electron chi connectivity index (χ1n) is 12.5. The van der Waals surface area contributed by atoms with Crippen molar-refractivity contribution in [2.24, 2.45) is 0 Å². The van der Waals surface area contributed by atoms with Crippen molar-refractivity contribution in [3.8, 4) is 0 Å². The number of unbranched alkanes of at least 4 members (excludes halogenated alkanes) is 6. The number of hydrogen-bond donors (Lipinski definition) is 6. The van der Waals surface area contributed by atoms with Gasteiger partial charge >= 0.3 is 74.3 Å². The summed E-state index contributed by atoms with van der Waals surface area (Å²) in [5, 5.41) is 48.4. The van der Waals surface area contributed by atoms with Crippen LogP contribution in [0.5, 0.6) is 0 Å². The average molecular weight is 640 g/mol. The molecule has 35 heavy (non-hydrogen) atoms. The Morgan fingerprint density at radius 1 is 0.400 bits per heavy atom. The first kappa shape index (κ1) is 61.0. The summed E-state index contributed by atoms with van der Waals surface area (Å²) in [5.41, 5.74) is 0. The number of aliphatic hydroxyl groups is 6. The SMILES string of the molecule is CCCCO.CCCCO.CCCCO.CCCCO.CCCCO.CCCCO.[Mg+2].[O]=[Ti].[O]=[Zr]. The van der Waals surface area contributed by atoms with Gasteiger partial charge in [-0.15, -0.1) is 0 Å². The van der Waals surface area contributed by atoms with Crippen LogP contribution in [-0.2, 0) is 51.3 Å². The van der Waals surface area contributed by atoms with Crippen LogP contribution in [-0.4, -0.2) is 93.3 Å². The Morgan fingerprint density at radius 3 is 0.486 bits per heavy atom. The molecule has 11 heteroatoms. The number of hydrogen-bond acceptors (Lipinski definition) is 8. The Kier molecular flexibility index (Phi) is 193. The molecule has 0 aromatic heterocycles. The first-order chi connectivity index (χ1) is 16.5. The van der Waals surface area contributed by atoms with Gasteiger partial charge < -0.3 is 30.6 Å². The van der Waals surface area contributed by atoms with E-state index >= 15 is 0 Å². The summed E-state index contributed by atoms with van der Waals surface area (Å²) < 4.78 is 16.6. The monoisotopic (exact) mass is 638 g/mol. The van der Waals surface area contributed by atoms with E-state index in [9.17, 15) is 0 Å². The van der Waals surface area contributed by atoms with Crippen molar-refractivity contribution < 1.29 is 81.9 Å². The zero-order valence-electron chi connectivity index (χ0n) is 23.9. The second kappa shape index (κ2) is 111. The fraction of sp³-hybridized carbons (Fsp3) is 1.00. The molecule has 0 aromatic rings. The fourth-order valence-electron chi connectivity index (χ4n) is 0.949. The molecule has 0 unspecified atom stereocenters. The average Bonchev–Trinajstić information content (AvgIpc) is 2.87. The Morgan fingerprint density at radius 2 is 0.486 bits per heavy atom. The minimum atomic E-state index is 0. The normalized spacial score (nSPS) is 7.37. The summed E-state index contributed by atoms with van der Waals surface area (Å²) in [4.78, 5) is 0. The quantitative estimate of drug-likeness (QED) is 0.175. The molecule has 0 aliphatic carbocycles. The van der Waals surface area contributed by atoms with Gasteiger partial charge in [-0.2, -0.15) is 0 Å². The molecule has 0 aliphatic heterocycles. The zero-order valence-corrected chi connectivity index (χ0v) is 29.4. The fourth-order valence-corrected chi connectivity index (χ4v) is 0.949. The molecule has 212 valence electrons. The summed E-state index contributed by atoms with van der Waals surface area (Å²) in [6.07, 6.45) is 12.2. The molecule has 0 aromatic carbocycles. The van der Waals surface area contributed by atoms with E-state index in [2.05, 4.69) is 41.5 Å². The second-order valence-corrected chi connectivity index (χ2v) is 6.46. The summed E-state index contributed by atoms with van der Waals surface area (Å²) in [7, 11) is 0. The summed E-state index contributed by atoms with van der Waals surface area (Å²) in [6, 6.07) is 0. The molecule has 0 rings (SSSR count). The molecule has 0 saturated heterocycles. The van der Waals surface area contributed by atoms with Crippen LogP contribution in [0.15, 0.2) is 0 Å². The van der Waals surface area contributed by atoms with E-state index < -0.39 is 0 Å². The van der Waals surface area contributed by atoms with Crippen LogP contribution in [0.3, 0.4) is 0 Å². The van der Waals surface area contributed by atoms with E-state index in [1.165, 1.54) is 0 Å². The standard InChI is InChI=1S/6C4H10O.Mg.2O.Ti.Zr/c6*1-2-3-4-5;;;;;/h6*5H,2-4H2,1H3;;;;;/q;;;;;;+2;;;;. The van der Waals surface area contributed by atoms with Gasteiger partial charge in [-0.05, 0) is 38.5 Å². The van der Waals surface area contributed by atoms with Crippen molar-refractivity contribution in [3.05, 3.63) is 0 Å². The Balaban J connectivity index is -0.0000000320. The van der Waals surface area contributed by atoms with Crippen LogP contribution >= 0.6 is 0 Å². The molecule has 6 N–H and O–H groups in total. The van der Waals surface area contributed by atoms with E-state index in [-0.39, 0.29) is 23.1 Å². The molecule has 8 nitrogen and oxygen atoms in total. The molecule has 0 radical (unpaired) electrons. The van der Waals surface area contributed by atoms with Crippen LogP contribution in [0.25, 0.3) is 0 Å². The van der Waals surface area contributed by atoms with Crippen LogP contribution in [0.1, 0.15) is 119 Å². The topological polar surface area (TPSA) is 156 Å². The van der Waals surface area contributed by atoms with Gasteiger partial charge in [-0.3, -0.25) is 0 Å². The molecule has 0 spiro atoms. The molecular weight excluding hydrogens is 580 g/mol. The van der Waals surface area contributed by atoms with E-state index in [0.717, 1.165) is 97.5 Å². The molecular formula is C24H60MgO8TiZr+2. The van der Waals surface area contributed by atoms with Crippen molar-refractivity contribution in [3.63, 3.8) is 0 Å². The Bertz CT molecular complexity index is 158. The van der Waals surface area contributed by atoms with Gasteiger partial charge in [0.25, 0.3) is 0 Å². The van der Waals surface area contributed by atoms with E-state index in [1.807, 2.05) is 0 Å². The number of rotatable bonds is 12. The third-order valence-corrected chi connectivity index (χ3v) is 3.07. The van der Waals surface area contributed by atoms with Crippen molar-refractivity contribution in [1.82, 2.24) is 0 Å². The zero-order chi connectivity index (χ0) is 28.7. The van der Waals surface area contributed by atoms with Crippen LogP contribution in [0.4, 0.5) is 0 Å². The van der Waals surface area contributed by atoms with E-state index in [1.54, 1.807) is 0 Å². The molecule has 0 bridgehead atoms. The van der Waals surface area contributed by atoms with Crippen molar-refractivity contribution in [1.29, 1.82) is 0 Å². The predicted octanol–water partition coefficient (Wildman–Crippen LogP) is 4.05. The van der Waals surface area contributed by atoms with Crippen LogP contribution in [0, 0.1) is 0 Å². The number of aliphatic hydroxyl groups excluding tert-OH is 6. The molecule has 0 fully saturated rings. The Hall–Kier alpha value is 1.72. The van der Waals surface area contributed by atoms with E-state index in [0.29, 0.717) is 64.4 Å². The van der Waals surface area contributed by atoms with E-state index in [4.69, 9.17) is 36.8 Å². The summed E-state index contributed by atoms with van der Waals surface area (Å²) in [6.45, 7) is 14.4. The molecule has 0 aliphatic rings. The second-order valence-electron chi connectivity index (χ2n) is 6.46. The van der Waals surface area contributed by atoms with Crippen molar-refractivity contribution >= 4 is 23.1 Å². The van der Waals surface area contributed by atoms with Crippen molar-refractivity contribution in [2.45, 2.75) is 119 Å². The summed E-state index contributed by atoms with van der Waals surface area (Å²) >= 11 is 1.05. The Labute approximate surface area is 261 Å². The van der Waals surface area contributed by atoms with Gasteiger partial charge in [-0.1, -0.05) is 80.1 Å². The molecule has 0 saturated carbocycles. The minimum absolute atomic E-state index is 0. The maximum atomic E-state index is 8.34. The van der Waals surface area contributed by atoms with Gasteiger partial charge in [0, 0.05) is 39.6 Å². The van der Waals surface area contributed by atoms with Crippen molar-refractivity contribution in [2.75, 3.05) is 39.6 Å². The van der Waals surface area contributed by atoms with Gasteiger partial charge in [0.2, 0.25) is 0 Å². The first-order valence-corrected chi connectivity index (χ1v) is 14.2. The third kappa shape index (κ3) is 216. The van der Waals surface area contributed by atoms with Gasteiger partial charge in [0.1, 0.15) is 0 Å². The molecule has 0 heterocycles. The summed E-state index contributed by atoms with van der Waals surface area (Å²) in [5.74, 6) is 0. The van der Waals surface area contributed by atoms with Gasteiger partial charge in [0.05, 0.1) is 0 Å².